The van der Waals surface area contributed by atoms with Gasteiger partial charge in [-0.15, -0.1) is 0 Å². The van der Waals surface area contributed by atoms with Crippen molar-refractivity contribution in [2.24, 2.45) is 0 Å². The zero-order valence-corrected chi connectivity index (χ0v) is 14.9. The number of esters is 1. The summed E-state index contributed by atoms with van der Waals surface area (Å²) in [4.78, 5) is 39.2. The molecule has 1 saturated carbocycles. The number of hydrogen-bond acceptors (Lipinski definition) is 4. The summed E-state index contributed by atoms with van der Waals surface area (Å²) in [6.45, 7) is 1.54. The Morgan fingerprint density at radius 3 is 2.58 bits per heavy atom. The summed E-state index contributed by atoms with van der Waals surface area (Å²) in [6.07, 6.45) is 5.63. The van der Waals surface area contributed by atoms with Crippen LogP contribution in [0.3, 0.4) is 0 Å². The number of nitrogens with one attached hydrogen (secondary N) is 2. The Hall–Kier alpha value is -2.63. The van der Waals surface area contributed by atoms with E-state index in [1.807, 2.05) is 0 Å². The second-order valence-electron chi connectivity index (χ2n) is 6.84. The minimum atomic E-state index is -0.916. The molecular formula is C20H24N2O4. The number of ether oxygens (including phenoxy) is 1. The minimum Gasteiger partial charge on any atom is -0.448 e. The van der Waals surface area contributed by atoms with Crippen LogP contribution in [-0.2, 0) is 9.53 Å². The van der Waals surface area contributed by atoms with Gasteiger partial charge in [0.2, 0.25) is 0 Å². The van der Waals surface area contributed by atoms with Crippen molar-refractivity contribution >= 4 is 22.6 Å². The van der Waals surface area contributed by atoms with Crippen LogP contribution in [0, 0.1) is 0 Å². The van der Waals surface area contributed by atoms with Crippen molar-refractivity contribution in [3.63, 3.8) is 0 Å². The van der Waals surface area contributed by atoms with E-state index in [2.05, 4.69) is 10.3 Å². The number of aromatic nitrogens is 1. The summed E-state index contributed by atoms with van der Waals surface area (Å²) in [5.41, 5.74) is -0.312. The summed E-state index contributed by atoms with van der Waals surface area (Å²) in [6, 6.07) is 8.70. The molecule has 1 heterocycles. The third-order valence-electron chi connectivity index (χ3n) is 4.83. The van der Waals surface area contributed by atoms with Gasteiger partial charge in [-0.05, 0) is 37.3 Å². The van der Waals surface area contributed by atoms with Crippen LogP contribution >= 0.6 is 0 Å². The molecule has 6 nitrogen and oxygen atoms in total. The minimum absolute atomic E-state index is 0.0443. The quantitative estimate of drug-likeness (QED) is 0.651. The topological polar surface area (TPSA) is 88.3 Å². The van der Waals surface area contributed by atoms with E-state index in [0.29, 0.717) is 10.8 Å². The molecule has 138 valence electrons. The van der Waals surface area contributed by atoms with Gasteiger partial charge in [-0.3, -0.25) is 9.59 Å². The van der Waals surface area contributed by atoms with Crippen molar-refractivity contribution in [2.45, 2.75) is 57.6 Å². The van der Waals surface area contributed by atoms with Gasteiger partial charge in [0.05, 0.1) is 0 Å². The molecule has 0 unspecified atom stereocenters. The van der Waals surface area contributed by atoms with Gasteiger partial charge in [-0.2, -0.15) is 0 Å². The molecule has 1 atom stereocenters. The number of pyridine rings is 1. The first-order chi connectivity index (χ1) is 12.5. The van der Waals surface area contributed by atoms with Gasteiger partial charge in [-0.25, -0.2) is 4.79 Å². The summed E-state index contributed by atoms with van der Waals surface area (Å²) >= 11 is 0. The van der Waals surface area contributed by atoms with Crippen LogP contribution in [-0.4, -0.2) is 29.0 Å². The van der Waals surface area contributed by atoms with Gasteiger partial charge in [-0.1, -0.05) is 43.9 Å². The molecule has 1 aromatic heterocycles. The summed E-state index contributed by atoms with van der Waals surface area (Å²) < 4.78 is 5.25. The molecule has 6 heteroatoms. The fourth-order valence-electron chi connectivity index (χ4n) is 3.34. The van der Waals surface area contributed by atoms with Crippen molar-refractivity contribution in [3.05, 3.63) is 46.4 Å². The van der Waals surface area contributed by atoms with Crippen LogP contribution in [0.25, 0.3) is 10.8 Å². The number of aromatic amines is 1. The molecule has 1 amide bonds. The second-order valence-corrected chi connectivity index (χ2v) is 6.84. The highest BCUT2D eigenvalue weighted by Crippen LogP contribution is 2.17. The van der Waals surface area contributed by atoms with Crippen LogP contribution in [0.1, 0.15) is 55.9 Å². The average molecular weight is 356 g/mol. The predicted molar refractivity (Wildman–Crippen MR) is 99.1 cm³/mol. The number of carbonyl (C=O) groups excluding carboxylic acids is 2. The molecule has 26 heavy (non-hydrogen) atoms. The van der Waals surface area contributed by atoms with Crippen molar-refractivity contribution in [2.75, 3.05) is 0 Å². The Morgan fingerprint density at radius 2 is 1.85 bits per heavy atom. The summed E-state index contributed by atoms with van der Waals surface area (Å²) in [5, 5.41) is 4.12. The van der Waals surface area contributed by atoms with Crippen molar-refractivity contribution in [3.8, 4) is 0 Å². The average Bonchev–Trinajstić information content (AvgIpc) is 2.90. The Bertz CT molecular complexity index is 850. The highest BCUT2D eigenvalue weighted by Gasteiger charge is 2.23. The Kier molecular flexibility index (Phi) is 5.71. The standard InChI is InChI=1S/C20H24N2O4/c1-13(18(23)21-15-9-4-2-3-5-10-15)26-20(25)17-12-14-8-6-7-11-16(14)19(24)22-17/h6-8,11-13,15H,2-5,9-10H2,1H3,(H,21,23)(H,22,24)/t13-/m0/s1. The lowest BCUT2D eigenvalue weighted by Crippen LogP contribution is -2.42. The monoisotopic (exact) mass is 356 g/mol. The number of H-pyrrole nitrogens is 1. The maximum atomic E-state index is 12.3. The molecule has 2 N–H and O–H groups in total. The molecule has 0 saturated heterocycles. The van der Waals surface area contributed by atoms with E-state index >= 15 is 0 Å². The number of rotatable bonds is 4. The van der Waals surface area contributed by atoms with Gasteiger partial charge in [0, 0.05) is 11.4 Å². The summed E-state index contributed by atoms with van der Waals surface area (Å²) in [5.74, 6) is -1.01. The maximum absolute atomic E-state index is 12.3. The van der Waals surface area contributed by atoms with Crippen LogP contribution in [0.15, 0.2) is 35.1 Å². The lowest BCUT2D eigenvalue weighted by molar-refractivity contribution is -0.129. The van der Waals surface area contributed by atoms with E-state index in [-0.39, 0.29) is 23.2 Å². The number of amides is 1. The number of carbonyl (C=O) groups is 2. The fraction of sp³-hybridized carbons (Fsp3) is 0.450. The Labute approximate surface area is 151 Å². The molecular weight excluding hydrogens is 332 g/mol. The molecule has 1 aliphatic rings. The molecule has 1 aliphatic carbocycles. The molecule has 2 aromatic rings. The smallest absolute Gasteiger partial charge is 0.355 e. The first-order valence-corrected chi connectivity index (χ1v) is 9.18. The highest BCUT2D eigenvalue weighted by atomic mass is 16.5. The normalized spacial score (nSPS) is 16.7. The zero-order valence-electron chi connectivity index (χ0n) is 14.9. The van der Waals surface area contributed by atoms with E-state index in [9.17, 15) is 14.4 Å². The van der Waals surface area contributed by atoms with Crippen LogP contribution in [0.4, 0.5) is 0 Å². The van der Waals surface area contributed by atoms with Gasteiger partial charge >= 0.3 is 5.97 Å². The molecule has 0 spiro atoms. The third-order valence-corrected chi connectivity index (χ3v) is 4.83. The van der Waals surface area contributed by atoms with E-state index in [0.717, 1.165) is 25.7 Å². The van der Waals surface area contributed by atoms with Gasteiger partial charge in [0.1, 0.15) is 5.69 Å². The van der Waals surface area contributed by atoms with E-state index in [1.165, 1.54) is 12.8 Å². The van der Waals surface area contributed by atoms with Crippen LogP contribution in [0.2, 0.25) is 0 Å². The van der Waals surface area contributed by atoms with Crippen molar-refractivity contribution in [1.29, 1.82) is 0 Å². The number of fused-ring (bicyclic) bond motifs is 1. The summed E-state index contributed by atoms with van der Waals surface area (Å²) in [7, 11) is 0. The van der Waals surface area contributed by atoms with Crippen LogP contribution in [0.5, 0.6) is 0 Å². The fourth-order valence-corrected chi connectivity index (χ4v) is 3.34. The highest BCUT2D eigenvalue weighted by molar-refractivity contribution is 5.94. The van der Waals surface area contributed by atoms with Gasteiger partial charge < -0.3 is 15.0 Å². The number of benzene rings is 1. The van der Waals surface area contributed by atoms with Crippen molar-refractivity contribution < 1.29 is 14.3 Å². The largest absolute Gasteiger partial charge is 0.448 e. The lowest BCUT2D eigenvalue weighted by atomic mass is 10.1. The van der Waals surface area contributed by atoms with E-state index in [1.54, 1.807) is 37.3 Å². The lowest BCUT2D eigenvalue weighted by Gasteiger charge is -2.19. The third kappa shape index (κ3) is 4.31. The van der Waals surface area contributed by atoms with Crippen molar-refractivity contribution in [1.82, 2.24) is 10.3 Å². The molecule has 1 fully saturated rings. The maximum Gasteiger partial charge on any atom is 0.355 e. The second kappa shape index (κ2) is 8.17. The predicted octanol–water partition coefficient (Wildman–Crippen LogP) is 2.91. The van der Waals surface area contributed by atoms with Gasteiger partial charge in [0.15, 0.2) is 6.10 Å². The van der Waals surface area contributed by atoms with E-state index in [4.69, 9.17) is 4.74 Å². The van der Waals surface area contributed by atoms with Gasteiger partial charge in [0.25, 0.3) is 11.5 Å². The SMILES string of the molecule is C[C@H](OC(=O)c1cc2ccccc2c(=O)[nH]1)C(=O)NC1CCCCCC1. The molecule has 0 radical (unpaired) electrons. The molecule has 0 bridgehead atoms. The number of hydrogen-bond donors (Lipinski definition) is 2. The first kappa shape index (κ1) is 18.2. The van der Waals surface area contributed by atoms with Crippen LogP contribution < -0.4 is 10.9 Å². The zero-order chi connectivity index (χ0) is 18.5. The van der Waals surface area contributed by atoms with E-state index < -0.39 is 12.1 Å². The molecule has 3 rings (SSSR count). The Balaban J connectivity index is 1.65. The first-order valence-electron chi connectivity index (χ1n) is 9.18. The molecule has 0 aliphatic heterocycles. The Morgan fingerprint density at radius 1 is 1.15 bits per heavy atom. The molecule has 1 aromatic carbocycles.